The van der Waals surface area contributed by atoms with Crippen LogP contribution in [0.3, 0.4) is 0 Å². The standard InChI is InChI=1S/C28H23N7O2/c1-20-25(27(37)35(32(20)2)24-16-10-5-11-17-24)33-19-21(18-29)26(36)34(23-14-8-4-9-15-23)28(33)31-30-22-12-6-3-7-13-22/h3-17,19,30H,1-2H3/b31-28-. The lowest BCUT2D eigenvalue weighted by atomic mass is 10.3. The molecule has 0 saturated heterocycles. The highest BCUT2D eigenvalue weighted by Crippen LogP contribution is 2.14. The third kappa shape index (κ3) is 4.17. The van der Waals surface area contributed by atoms with Crippen LogP contribution >= 0.6 is 0 Å². The first-order valence-corrected chi connectivity index (χ1v) is 11.5. The minimum atomic E-state index is -0.546. The van der Waals surface area contributed by atoms with Gasteiger partial charge in [-0.1, -0.05) is 54.6 Å². The second kappa shape index (κ2) is 9.71. The van der Waals surface area contributed by atoms with E-state index in [-0.39, 0.29) is 22.4 Å². The van der Waals surface area contributed by atoms with Crippen molar-refractivity contribution < 1.29 is 0 Å². The summed E-state index contributed by atoms with van der Waals surface area (Å²) in [6, 6.07) is 29.4. The molecule has 0 atom stereocenters. The Morgan fingerprint density at radius 1 is 0.811 bits per heavy atom. The normalized spacial score (nSPS) is 11.3. The minimum Gasteiger partial charge on any atom is -0.283 e. The van der Waals surface area contributed by atoms with Crippen LogP contribution in [0.5, 0.6) is 0 Å². The molecule has 0 radical (unpaired) electrons. The van der Waals surface area contributed by atoms with Gasteiger partial charge in [0.25, 0.3) is 11.1 Å². The van der Waals surface area contributed by atoms with Gasteiger partial charge in [-0.2, -0.15) is 5.26 Å². The molecule has 182 valence electrons. The fourth-order valence-corrected chi connectivity index (χ4v) is 4.17. The topological polar surface area (TPSA) is 102 Å². The van der Waals surface area contributed by atoms with Crippen LogP contribution in [0, 0.1) is 18.3 Å². The Bertz CT molecular complexity index is 1810. The molecular weight excluding hydrogens is 466 g/mol. The van der Waals surface area contributed by atoms with Crippen molar-refractivity contribution in [1.82, 2.24) is 18.5 Å². The lowest BCUT2D eigenvalue weighted by molar-refractivity contribution is 0.630. The molecule has 1 N–H and O–H groups in total. The number of hydrogen-bond acceptors (Lipinski definition) is 5. The van der Waals surface area contributed by atoms with Crippen LogP contribution in [-0.2, 0) is 7.05 Å². The van der Waals surface area contributed by atoms with Gasteiger partial charge in [-0.3, -0.25) is 24.3 Å². The number of anilines is 1. The lowest BCUT2D eigenvalue weighted by Crippen LogP contribution is -2.42. The summed E-state index contributed by atoms with van der Waals surface area (Å²) in [6.07, 6.45) is 1.37. The number of nitriles is 1. The van der Waals surface area contributed by atoms with Crippen LogP contribution in [0.1, 0.15) is 11.3 Å². The number of nitrogens with one attached hydrogen (secondary N) is 1. The predicted molar refractivity (Wildman–Crippen MR) is 141 cm³/mol. The summed E-state index contributed by atoms with van der Waals surface area (Å²) in [5.41, 5.74) is 4.88. The SMILES string of the molecule is Cc1c(-n2cc(C#N)c(=O)n(-c3ccccc3)/c2=N\Nc2ccccc2)c(=O)n(-c2ccccc2)n1C. The highest BCUT2D eigenvalue weighted by Gasteiger charge is 2.21. The van der Waals surface area contributed by atoms with Crippen molar-refractivity contribution in [1.29, 1.82) is 5.26 Å². The number of para-hydroxylation sites is 3. The Balaban J connectivity index is 1.89. The van der Waals surface area contributed by atoms with Gasteiger partial charge in [0.15, 0.2) is 0 Å². The minimum absolute atomic E-state index is 0.128. The van der Waals surface area contributed by atoms with Crippen molar-refractivity contribution in [3.8, 4) is 23.1 Å². The van der Waals surface area contributed by atoms with E-state index in [1.54, 1.807) is 36.0 Å². The van der Waals surface area contributed by atoms with Crippen LogP contribution < -0.4 is 22.2 Å². The third-order valence-corrected chi connectivity index (χ3v) is 6.07. The van der Waals surface area contributed by atoms with Gasteiger partial charge >= 0.3 is 0 Å². The molecule has 0 fully saturated rings. The highest BCUT2D eigenvalue weighted by atomic mass is 16.1. The fourth-order valence-electron chi connectivity index (χ4n) is 4.17. The maximum Gasteiger partial charge on any atom is 0.296 e. The largest absolute Gasteiger partial charge is 0.296 e. The first kappa shape index (κ1) is 23.4. The van der Waals surface area contributed by atoms with E-state index in [0.717, 1.165) is 0 Å². The fraction of sp³-hybridized carbons (Fsp3) is 0.0714. The number of hydrogen-bond donors (Lipinski definition) is 1. The molecule has 0 amide bonds. The molecule has 2 aromatic heterocycles. The van der Waals surface area contributed by atoms with Crippen molar-refractivity contribution in [2.45, 2.75) is 6.92 Å². The maximum atomic E-state index is 13.9. The molecule has 9 nitrogen and oxygen atoms in total. The average molecular weight is 490 g/mol. The molecule has 0 aliphatic rings. The van der Waals surface area contributed by atoms with Crippen molar-refractivity contribution in [3.63, 3.8) is 0 Å². The molecule has 5 aromatic rings. The van der Waals surface area contributed by atoms with Crippen LogP contribution in [0.4, 0.5) is 5.69 Å². The zero-order valence-electron chi connectivity index (χ0n) is 20.2. The van der Waals surface area contributed by atoms with Crippen molar-refractivity contribution in [3.05, 3.63) is 135 Å². The Hall–Kier alpha value is -5.36. The van der Waals surface area contributed by atoms with Gasteiger partial charge in [0.1, 0.15) is 17.3 Å². The van der Waals surface area contributed by atoms with Gasteiger partial charge < -0.3 is 0 Å². The monoisotopic (exact) mass is 489 g/mol. The summed E-state index contributed by atoms with van der Waals surface area (Å²) in [5.74, 6) is 0. The molecule has 2 heterocycles. The predicted octanol–water partition coefficient (Wildman–Crippen LogP) is 3.23. The summed E-state index contributed by atoms with van der Waals surface area (Å²) < 4.78 is 6.10. The Kier molecular flexibility index (Phi) is 6.14. The van der Waals surface area contributed by atoms with E-state index in [1.807, 2.05) is 79.7 Å². The molecule has 0 unspecified atom stereocenters. The molecular formula is C28H23N7O2. The van der Waals surface area contributed by atoms with Gasteiger partial charge in [0.2, 0.25) is 5.62 Å². The summed E-state index contributed by atoms with van der Waals surface area (Å²) in [7, 11) is 1.78. The summed E-state index contributed by atoms with van der Waals surface area (Å²) in [4.78, 5) is 27.3. The molecule has 37 heavy (non-hydrogen) atoms. The van der Waals surface area contributed by atoms with Crippen LogP contribution in [0.25, 0.3) is 17.1 Å². The molecule has 3 aromatic carbocycles. The van der Waals surface area contributed by atoms with E-state index in [4.69, 9.17) is 0 Å². The quantitative estimate of drug-likeness (QED) is 0.383. The highest BCUT2D eigenvalue weighted by molar-refractivity contribution is 5.44. The van der Waals surface area contributed by atoms with E-state index in [1.165, 1.54) is 20.0 Å². The Morgan fingerprint density at radius 2 is 1.38 bits per heavy atom. The van der Waals surface area contributed by atoms with Crippen LogP contribution in [-0.4, -0.2) is 18.5 Å². The Labute approximate surface area is 212 Å². The molecule has 0 spiro atoms. The first-order chi connectivity index (χ1) is 18.0. The summed E-state index contributed by atoms with van der Waals surface area (Å²) >= 11 is 0. The molecule has 0 aliphatic carbocycles. The second-order valence-electron chi connectivity index (χ2n) is 8.30. The number of aromatic nitrogens is 4. The maximum absolute atomic E-state index is 13.9. The number of benzene rings is 3. The zero-order valence-corrected chi connectivity index (χ0v) is 20.2. The molecule has 0 saturated carbocycles. The molecule has 5 rings (SSSR count). The third-order valence-electron chi connectivity index (χ3n) is 6.07. The first-order valence-electron chi connectivity index (χ1n) is 11.5. The average Bonchev–Trinajstić information content (AvgIpc) is 3.16. The van der Waals surface area contributed by atoms with Gasteiger partial charge in [-0.25, -0.2) is 9.25 Å². The number of nitrogens with zero attached hydrogens (tertiary/aromatic N) is 6. The van der Waals surface area contributed by atoms with Crippen molar-refractivity contribution >= 4 is 5.69 Å². The van der Waals surface area contributed by atoms with Gasteiger partial charge in [0.05, 0.1) is 22.8 Å². The van der Waals surface area contributed by atoms with Gasteiger partial charge in [-0.15, -0.1) is 5.10 Å². The second-order valence-corrected chi connectivity index (χ2v) is 8.30. The van der Waals surface area contributed by atoms with E-state index in [2.05, 4.69) is 10.5 Å². The molecule has 9 heteroatoms. The van der Waals surface area contributed by atoms with E-state index >= 15 is 0 Å². The Morgan fingerprint density at radius 3 is 1.97 bits per heavy atom. The van der Waals surface area contributed by atoms with E-state index in [9.17, 15) is 14.9 Å². The number of rotatable bonds is 5. The molecule has 0 aliphatic heterocycles. The summed E-state index contributed by atoms with van der Waals surface area (Å²) in [6.45, 7) is 1.81. The van der Waals surface area contributed by atoms with Crippen molar-refractivity contribution in [2.24, 2.45) is 12.1 Å². The zero-order chi connectivity index (χ0) is 25.9. The van der Waals surface area contributed by atoms with E-state index < -0.39 is 5.56 Å². The van der Waals surface area contributed by atoms with E-state index in [0.29, 0.717) is 22.8 Å². The lowest BCUT2D eigenvalue weighted by Gasteiger charge is -2.14. The van der Waals surface area contributed by atoms with Crippen LogP contribution in [0.15, 0.2) is 112 Å². The van der Waals surface area contributed by atoms with Gasteiger partial charge in [0, 0.05) is 13.2 Å². The smallest absolute Gasteiger partial charge is 0.283 e. The molecule has 0 bridgehead atoms. The van der Waals surface area contributed by atoms with Crippen LogP contribution in [0.2, 0.25) is 0 Å². The summed E-state index contributed by atoms with van der Waals surface area (Å²) in [5, 5.41) is 14.4. The van der Waals surface area contributed by atoms with Gasteiger partial charge in [-0.05, 0) is 43.3 Å². The van der Waals surface area contributed by atoms with Crippen molar-refractivity contribution in [2.75, 3.05) is 5.43 Å².